The largest absolute Gasteiger partial charge is 0.299 e. The molecule has 0 atom stereocenters. The van der Waals surface area contributed by atoms with Crippen LogP contribution < -0.4 is 0 Å². The van der Waals surface area contributed by atoms with Gasteiger partial charge in [-0.15, -0.1) is 0 Å². The Hall–Kier alpha value is -0.770. The van der Waals surface area contributed by atoms with E-state index in [0.29, 0.717) is 0 Å². The van der Waals surface area contributed by atoms with Crippen LogP contribution >= 0.6 is 11.6 Å². The fourth-order valence-corrected chi connectivity index (χ4v) is 2.76. The van der Waals surface area contributed by atoms with Crippen molar-refractivity contribution in [2.24, 2.45) is 0 Å². The van der Waals surface area contributed by atoms with E-state index in [0.717, 1.165) is 6.26 Å². The Morgan fingerprint density at radius 2 is 1.69 bits per heavy atom. The molecule has 0 spiro atoms. The van der Waals surface area contributed by atoms with Crippen LogP contribution in [0.5, 0.6) is 0 Å². The highest BCUT2D eigenvalue weighted by Crippen LogP contribution is 2.22. The van der Waals surface area contributed by atoms with E-state index in [2.05, 4.69) is 9.97 Å². The molecule has 0 fully saturated rings. The summed E-state index contributed by atoms with van der Waals surface area (Å²) in [4.78, 5) is 6.05. The van der Waals surface area contributed by atoms with E-state index in [9.17, 15) is 16.8 Å². The number of halogens is 1. The quantitative estimate of drug-likeness (QED) is 0.465. The predicted molar refractivity (Wildman–Crippen MR) is 54.7 cm³/mol. The maximum Gasteiger partial charge on any atom is 0.299 e. The van der Waals surface area contributed by atoms with Gasteiger partial charge in [-0.05, 0) is 6.92 Å². The van der Waals surface area contributed by atoms with Gasteiger partial charge in [0.15, 0.2) is 10.0 Å². The molecule has 0 aromatic carbocycles. The lowest BCUT2D eigenvalue weighted by atomic mass is 10.5. The Kier molecular flexibility index (Phi) is 3.25. The average molecular weight is 287 g/mol. The van der Waals surface area contributed by atoms with E-state index in [1.165, 1.54) is 6.92 Å². The summed E-state index contributed by atoms with van der Waals surface area (Å²) in [6.45, 7) is 1.20. The second-order valence-electron chi connectivity index (χ2n) is 2.96. The molecule has 1 heterocycles. The number of rotatable bonds is 2. The molecule has 0 aliphatic rings. The van der Waals surface area contributed by atoms with Crippen molar-refractivity contribution in [2.45, 2.75) is 17.0 Å². The van der Waals surface area contributed by atoms with Gasteiger partial charge in [0.25, 0.3) is 10.1 Å². The summed E-state index contributed by atoms with van der Waals surface area (Å²) in [5.74, 6) is 0. The van der Waals surface area contributed by atoms with Gasteiger partial charge in [0, 0.05) is 6.26 Å². The summed E-state index contributed by atoms with van der Waals surface area (Å²) >= 11 is 5.47. The van der Waals surface area contributed by atoms with E-state index < -0.39 is 35.2 Å². The number of aryl methyl sites for hydroxylation is 1. The Morgan fingerprint density at radius 3 is 2.00 bits per heavy atom. The molecule has 1 aromatic rings. The highest BCUT2D eigenvalue weighted by Gasteiger charge is 2.24. The number of hydrogen-bond acceptors (Lipinski definition) is 6. The minimum absolute atomic E-state index is 0.233. The highest BCUT2D eigenvalue weighted by molar-refractivity contribution is 7.90. The molecule has 90 valence electrons. The highest BCUT2D eigenvalue weighted by atomic mass is 35.5. The first-order valence-electron chi connectivity index (χ1n) is 3.75. The third-order valence-corrected chi connectivity index (χ3v) is 3.80. The first kappa shape index (κ1) is 13.3. The molecule has 16 heavy (non-hydrogen) atoms. The van der Waals surface area contributed by atoms with Crippen molar-refractivity contribution in [3.63, 3.8) is 0 Å². The molecule has 0 aliphatic carbocycles. The first-order chi connectivity index (χ1) is 7.03. The first-order valence-corrected chi connectivity index (χ1v) is 7.46. The molecular weight excluding hydrogens is 280 g/mol. The van der Waals surface area contributed by atoms with E-state index in [4.69, 9.17) is 16.2 Å². The molecule has 0 saturated heterocycles. The fourth-order valence-electron chi connectivity index (χ4n) is 0.962. The summed E-state index contributed by atoms with van der Waals surface area (Å²) in [6.07, 6.45) is 0.852. The van der Waals surface area contributed by atoms with Crippen LogP contribution in [0, 0.1) is 6.92 Å². The van der Waals surface area contributed by atoms with Gasteiger partial charge in [0.2, 0.25) is 15.0 Å². The van der Waals surface area contributed by atoms with Gasteiger partial charge in [0.05, 0.1) is 5.69 Å². The van der Waals surface area contributed by atoms with Crippen molar-refractivity contribution in [3.05, 3.63) is 10.8 Å². The summed E-state index contributed by atoms with van der Waals surface area (Å²) in [5, 5.41) is -1.22. The molecule has 0 bridgehead atoms. The van der Waals surface area contributed by atoms with Gasteiger partial charge in [0.1, 0.15) is 0 Å². The topological polar surface area (TPSA) is 114 Å². The maximum absolute atomic E-state index is 11.1. The fraction of sp³-hybridized carbons (Fsp3) is 0.333. The van der Waals surface area contributed by atoms with Crippen molar-refractivity contribution < 1.29 is 21.4 Å². The van der Waals surface area contributed by atoms with Gasteiger partial charge in [-0.2, -0.15) is 8.42 Å². The van der Waals surface area contributed by atoms with E-state index in [1.807, 2.05) is 0 Å². The van der Waals surface area contributed by atoms with Gasteiger partial charge in [-0.25, -0.2) is 18.4 Å². The SMILES string of the molecule is Cc1nc(S(C)(=O)=O)nc(Cl)c1S(=O)(=O)O. The minimum Gasteiger partial charge on any atom is -0.282 e. The Morgan fingerprint density at radius 1 is 1.19 bits per heavy atom. The molecular formula is C6H7ClN2O5S2. The Bertz CT molecular complexity index is 614. The zero-order valence-corrected chi connectivity index (χ0v) is 10.6. The Balaban J connectivity index is 3.66. The van der Waals surface area contributed by atoms with Crippen molar-refractivity contribution in [2.75, 3.05) is 6.26 Å². The van der Waals surface area contributed by atoms with E-state index in [1.54, 1.807) is 0 Å². The van der Waals surface area contributed by atoms with Crippen LogP contribution in [0.25, 0.3) is 0 Å². The smallest absolute Gasteiger partial charge is 0.282 e. The van der Waals surface area contributed by atoms with Crippen LogP contribution in [0.4, 0.5) is 0 Å². The average Bonchev–Trinajstić information content (AvgIpc) is 1.97. The second-order valence-corrected chi connectivity index (χ2v) is 6.58. The van der Waals surface area contributed by atoms with Gasteiger partial charge < -0.3 is 0 Å². The third kappa shape index (κ3) is 2.67. The number of sulfone groups is 1. The predicted octanol–water partition coefficient (Wildman–Crippen LogP) is 0.0886. The van der Waals surface area contributed by atoms with Crippen molar-refractivity contribution in [1.29, 1.82) is 0 Å². The van der Waals surface area contributed by atoms with Crippen molar-refractivity contribution in [3.8, 4) is 0 Å². The van der Waals surface area contributed by atoms with Gasteiger partial charge >= 0.3 is 0 Å². The number of hydrogen-bond donors (Lipinski definition) is 1. The van der Waals surface area contributed by atoms with Crippen LogP contribution in [-0.2, 0) is 20.0 Å². The van der Waals surface area contributed by atoms with Crippen molar-refractivity contribution >= 4 is 31.6 Å². The third-order valence-electron chi connectivity index (χ3n) is 1.56. The normalized spacial score (nSPS) is 12.8. The lowest BCUT2D eigenvalue weighted by Gasteiger charge is -2.05. The minimum atomic E-state index is -4.58. The van der Waals surface area contributed by atoms with E-state index >= 15 is 0 Å². The molecule has 1 rings (SSSR count). The number of nitrogens with zero attached hydrogens (tertiary/aromatic N) is 2. The maximum atomic E-state index is 11.1. The number of aromatic nitrogens is 2. The Labute approximate surface area is 97.2 Å². The van der Waals surface area contributed by atoms with Gasteiger partial charge in [-0.3, -0.25) is 4.55 Å². The summed E-state index contributed by atoms with van der Waals surface area (Å²) in [5.41, 5.74) is -0.233. The summed E-state index contributed by atoms with van der Waals surface area (Å²) in [6, 6.07) is 0. The molecule has 1 aromatic heterocycles. The van der Waals surface area contributed by atoms with Crippen LogP contribution in [-0.4, -0.2) is 37.6 Å². The molecule has 7 nitrogen and oxygen atoms in total. The zero-order chi connectivity index (χ0) is 12.7. The molecule has 0 unspecified atom stereocenters. The molecule has 0 saturated carbocycles. The van der Waals surface area contributed by atoms with Crippen LogP contribution in [0.3, 0.4) is 0 Å². The summed E-state index contributed by atoms with van der Waals surface area (Å²) in [7, 11) is -8.27. The van der Waals surface area contributed by atoms with Crippen molar-refractivity contribution in [1.82, 2.24) is 9.97 Å². The van der Waals surface area contributed by atoms with E-state index in [-0.39, 0.29) is 5.69 Å². The molecule has 10 heteroatoms. The van der Waals surface area contributed by atoms with Gasteiger partial charge in [-0.1, -0.05) is 11.6 Å². The lowest BCUT2D eigenvalue weighted by Crippen LogP contribution is -2.11. The summed E-state index contributed by atoms with van der Waals surface area (Å²) < 4.78 is 52.8. The van der Waals surface area contributed by atoms with Crippen LogP contribution in [0.15, 0.2) is 10.1 Å². The molecule has 0 radical (unpaired) electrons. The molecule has 1 N–H and O–H groups in total. The van der Waals surface area contributed by atoms with Crippen LogP contribution in [0.1, 0.15) is 5.69 Å². The molecule has 0 amide bonds. The second kappa shape index (κ2) is 3.91. The van der Waals surface area contributed by atoms with Crippen LogP contribution in [0.2, 0.25) is 5.15 Å². The monoisotopic (exact) mass is 286 g/mol. The zero-order valence-electron chi connectivity index (χ0n) is 8.17. The lowest BCUT2D eigenvalue weighted by molar-refractivity contribution is 0.480. The standard InChI is InChI=1S/C6H7ClN2O5S2/c1-3-4(16(12,13)14)5(7)9-6(8-3)15(2,10)11/h1-2H3,(H,12,13,14). The molecule has 0 aliphatic heterocycles.